The number of rotatable bonds is 4. The Morgan fingerprint density at radius 2 is 2.12 bits per heavy atom. The molecule has 0 saturated heterocycles. The first-order chi connectivity index (χ1) is 7.56. The Kier molecular flexibility index (Phi) is 4.37. The molecule has 1 aromatic rings. The van der Waals surface area contributed by atoms with Gasteiger partial charge in [-0.3, -0.25) is 0 Å². The molecular weight excluding hydrogens is 218 g/mol. The molecule has 0 amide bonds. The molecule has 0 spiro atoms. The summed E-state index contributed by atoms with van der Waals surface area (Å²) in [6, 6.07) is 3.35. The maximum Gasteiger partial charge on any atom is 0.341 e. The number of hydrogen-bond acceptors (Lipinski definition) is 3. The second kappa shape index (κ2) is 5.55. The lowest BCUT2D eigenvalue weighted by atomic mass is 10.2. The summed E-state index contributed by atoms with van der Waals surface area (Å²) in [6.07, 6.45) is -0.514. The van der Waals surface area contributed by atoms with E-state index in [1.807, 2.05) is 0 Å². The molecule has 1 rings (SSSR count). The quantitative estimate of drug-likeness (QED) is 0.743. The van der Waals surface area contributed by atoms with Gasteiger partial charge in [0, 0.05) is 7.11 Å². The van der Waals surface area contributed by atoms with Gasteiger partial charge in [-0.1, -0.05) is 6.07 Å². The summed E-state index contributed by atoms with van der Waals surface area (Å²) < 4.78 is 35.6. The number of esters is 1. The largest absolute Gasteiger partial charge is 0.457 e. The topological polar surface area (TPSA) is 35.5 Å². The number of carbonyl (C=O) groups is 1. The molecule has 0 aliphatic carbocycles. The molecule has 1 aromatic carbocycles. The van der Waals surface area contributed by atoms with Crippen LogP contribution in [-0.2, 0) is 9.47 Å². The van der Waals surface area contributed by atoms with E-state index < -0.39 is 29.3 Å². The van der Waals surface area contributed by atoms with Crippen LogP contribution in [0.4, 0.5) is 8.78 Å². The van der Waals surface area contributed by atoms with Gasteiger partial charge in [0.25, 0.3) is 0 Å². The van der Waals surface area contributed by atoms with Gasteiger partial charge < -0.3 is 9.47 Å². The summed E-state index contributed by atoms with van der Waals surface area (Å²) in [5.41, 5.74) is -0.414. The summed E-state index contributed by atoms with van der Waals surface area (Å²) >= 11 is 0. The maximum absolute atomic E-state index is 13.2. The van der Waals surface area contributed by atoms with Gasteiger partial charge in [-0.15, -0.1) is 0 Å². The first kappa shape index (κ1) is 12.6. The molecule has 0 N–H and O–H groups in total. The zero-order valence-corrected chi connectivity index (χ0v) is 9.00. The molecule has 88 valence electrons. The van der Waals surface area contributed by atoms with Crippen LogP contribution in [-0.4, -0.2) is 25.8 Å². The molecule has 3 nitrogen and oxygen atoms in total. The van der Waals surface area contributed by atoms with E-state index in [0.717, 1.165) is 6.07 Å². The van der Waals surface area contributed by atoms with Crippen molar-refractivity contribution in [3.63, 3.8) is 0 Å². The van der Waals surface area contributed by atoms with Crippen LogP contribution in [0.2, 0.25) is 0 Å². The second-order valence-corrected chi connectivity index (χ2v) is 3.27. The summed E-state index contributed by atoms with van der Waals surface area (Å²) in [6.45, 7) is 1.79. The molecule has 0 heterocycles. The number of hydrogen-bond donors (Lipinski definition) is 0. The van der Waals surface area contributed by atoms with Crippen molar-refractivity contribution < 1.29 is 23.0 Å². The average Bonchev–Trinajstić information content (AvgIpc) is 2.22. The highest BCUT2D eigenvalue weighted by molar-refractivity contribution is 5.89. The van der Waals surface area contributed by atoms with Crippen molar-refractivity contribution in [1.29, 1.82) is 0 Å². The molecule has 5 heteroatoms. The maximum atomic E-state index is 13.2. The number of methoxy groups -OCH3 is 1. The molecule has 0 aromatic heterocycles. The zero-order chi connectivity index (χ0) is 12.1. The van der Waals surface area contributed by atoms with Gasteiger partial charge in [-0.2, -0.15) is 0 Å². The molecule has 0 fully saturated rings. The first-order valence-electron chi connectivity index (χ1n) is 4.70. The number of halogens is 2. The van der Waals surface area contributed by atoms with E-state index in [1.165, 1.54) is 19.2 Å². The second-order valence-electron chi connectivity index (χ2n) is 3.27. The van der Waals surface area contributed by atoms with Crippen molar-refractivity contribution in [2.75, 3.05) is 13.7 Å². The van der Waals surface area contributed by atoms with Gasteiger partial charge >= 0.3 is 5.97 Å². The van der Waals surface area contributed by atoms with Crippen LogP contribution in [0.15, 0.2) is 18.2 Å². The van der Waals surface area contributed by atoms with Crippen LogP contribution in [0.1, 0.15) is 17.3 Å². The molecule has 1 unspecified atom stereocenters. The molecular formula is C11H12F2O3. The third-order valence-corrected chi connectivity index (χ3v) is 1.88. The Balaban J connectivity index is 2.77. The molecule has 1 atom stereocenters. The van der Waals surface area contributed by atoms with E-state index >= 15 is 0 Å². The SMILES string of the molecule is COCC(C)OC(=O)c1cccc(F)c1F. The van der Waals surface area contributed by atoms with Gasteiger partial charge in [0.1, 0.15) is 6.10 Å². The lowest BCUT2D eigenvalue weighted by Gasteiger charge is -2.12. The Labute approximate surface area is 92.0 Å². The fraction of sp³-hybridized carbons (Fsp3) is 0.364. The lowest BCUT2D eigenvalue weighted by molar-refractivity contribution is 0.0115. The molecule has 0 aliphatic heterocycles. The van der Waals surface area contributed by atoms with Crippen molar-refractivity contribution in [3.8, 4) is 0 Å². The lowest BCUT2D eigenvalue weighted by Crippen LogP contribution is -2.20. The number of benzene rings is 1. The van der Waals surface area contributed by atoms with Crippen LogP contribution in [0.3, 0.4) is 0 Å². The van der Waals surface area contributed by atoms with Crippen LogP contribution < -0.4 is 0 Å². The summed E-state index contributed by atoms with van der Waals surface area (Å²) in [7, 11) is 1.45. The minimum Gasteiger partial charge on any atom is -0.457 e. The van der Waals surface area contributed by atoms with Crippen molar-refractivity contribution in [2.24, 2.45) is 0 Å². The number of ether oxygens (including phenoxy) is 2. The van der Waals surface area contributed by atoms with Crippen LogP contribution in [0.5, 0.6) is 0 Å². The average molecular weight is 230 g/mol. The summed E-state index contributed by atoms with van der Waals surface area (Å²) in [5.74, 6) is -3.17. The van der Waals surface area contributed by atoms with Crippen molar-refractivity contribution in [3.05, 3.63) is 35.4 Å². The molecule has 0 radical (unpaired) electrons. The fourth-order valence-electron chi connectivity index (χ4n) is 1.18. The third kappa shape index (κ3) is 3.00. The van der Waals surface area contributed by atoms with E-state index in [1.54, 1.807) is 6.92 Å². The van der Waals surface area contributed by atoms with Crippen molar-refractivity contribution >= 4 is 5.97 Å². The predicted molar refractivity (Wildman–Crippen MR) is 53.1 cm³/mol. The van der Waals surface area contributed by atoms with Crippen LogP contribution >= 0.6 is 0 Å². The highest BCUT2D eigenvalue weighted by Gasteiger charge is 2.18. The summed E-state index contributed by atoms with van der Waals surface area (Å²) in [5, 5.41) is 0. The fourth-order valence-corrected chi connectivity index (χ4v) is 1.18. The van der Waals surface area contributed by atoms with Crippen LogP contribution in [0.25, 0.3) is 0 Å². The van der Waals surface area contributed by atoms with Gasteiger partial charge in [0.15, 0.2) is 11.6 Å². The van der Waals surface area contributed by atoms with E-state index in [9.17, 15) is 13.6 Å². The van der Waals surface area contributed by atoms with Crippen molar-refractivity contribution in [1.82, 2.24) is 0 Å². The van der Waals surface area contributed by atoms with E-state index in [0.29, 0.717) is 0 Å². The Morgan fingerprint density at radius 1 is 1.44 bits per heavy atom. The normalized spacial score (nSPS) is 12.2. The summed E-state index contributed by atoms with van der Waals surface area (Å²) in [4.78, 5) is 11.4. The minimum absolute atomic E-state index is 0.197. The van der Waals surface area contributed by atoms with Crippen molar-refractivity contribution in [2.45, 2.75) is 13.0 Å². The molecule has 0 saturated carbocycles. The van der Waals surface area contributed by atoms with Gasteiger partial charge in [0.05, 0.1) is 12.2 Å². The van der Waals surface area contributed by atoms with Crippen LogP contribution in [0, 0.1) is 11.6 Å². The monoisotopic (exact) mass is 230 g/mol. The highest BCUT2D eigenvalue weighted by Crippen LogP contribution is 2.13. The Morgan fingerprint density at radius 3 is 2.75 bits per heavy atom. The van der Waals surface area contributed by atoms with E-state index in [2.05, 4.69) is 0 Å². The number of carbonyl (C=O) groups excluding carboxylic acids is 1. The standard InChI is InChI=1S/C11H12F2O3/c1-7(6-15-2)16-11(14)8-4-3-5-9(12)10(8)13/h3-5,7H,6H2,1-2H3. The predicted octanol–water partition coefficient (Wildman–Crippen LogP) is 2.16. The smallest absolute Gasteiger partial charge is 0.341 e. The van der Waals surface area contributed by atoms with Gasteiger partial charge in [0.2, 0.25) is 0 Å². The molecule has 0 bridgehead atoms. The Hall–Kier alpha value is -1.49. The van der Waals surface area contributed by atoms with Gasteiger partial charge in [-0.05, 0) is 19.1 Å². The molecule has 0 aliphatic rings. The zero-order valence-electron chi connectivity index (χ0n) is 9.00. The van der Waals surface area contributed by atoms with E-state index in [-0.39, 0.29) is 6.61 Å². The highest BCUT2D eigenvalue weighted by atomic mass is 19.2. The van der Waals surface area contributed by atoms with E-state index in [4.69, 9.17) is 9.47 Å². The third-order valence-electron chi connectivity index (χ3n) is 1.88. The first-order valence-corrected chi connectivity index (χ1v) is 4.70. The minimum atomic E-state index is -1.20. The Bertz CT molecular complexity index is 379. The van der Waals surface area contributed by atoms with Gasteiger partial charge in [-0.25, -0.2) is 13.6 Å². The molecule has 16 heavy (non-hydrogen) atoms.